The quantitative estimate of drug-likeness (QED) is 0.906. The summed E-state index contributed by atoms with van der Waals surface area (Å²) < 4.78 is 3.64. The highest BCUT2D eigenvalue weighted by molar-refractivity contribution is 5.94. The molecule has 1 aliphatic carbocycles. The van der Waals surface area contributed by atoms with Gasteiger partial charge in [0.2, 0.25) is 0 Å². The Hall–Kier alpha value is -2.15. The average Bonchev–Trinajstić information content (AvgIpc) is 3.23. The Morgan fingerprint density at radius 3 is 2.65 bits per heavy atom. The summed E-state index contributed by atoms with van der Waals surface area (Å²) in [5, 5.41) is 15.2. The summed E-state index contributed by atoms with van der Waals surface area (Å²) in [6.45, 7) is 1.34. The second kappa shape index (κ2) is 6.87. The van der Waals surface area contributed by atoms with Crippen molar-refractivity contribution in [1.29, 1.82) is 0 Å². The van der Waals surface area contributed by atoms with Crippen molar-refractivity contribution in [2.75, 3.05) is 13.1 Å². The molecule has 2 aromatic heterocycles. The van der Waals surface area contributed by atoms with Gasteiger partial charge in [0.15, 0.2) is 0 Å². The van der Waals surface area contributed by atoms with E-state index >= 15 is 0 Å². The molecule has 1 N–H and O–H groups in total. The predicted octanol–water partition coefficient (Wildman–Crippen LogP) is 1.62. The molecule has 1 aliphatic heterocycles. The maximum atomic E-state index is 13.1. The lowest BCUT2D eigenvalue weighted by molar-refractivity contribution is 0.0413. The van der Waals surface area contributed by atoms with E-state index in [0.717, 1.165) is 55.5 Å². The van der Waals surface area contributed by atoms with Crippen molar-refractivity contribution in [1.82, 2.24) is 24.2 Å². The Labute approximate surface area is 153 Å². The van der Waals surface area contributed by atoms with Gasteiger partial charge in [-0.25, -0.2) is 4.98 Å². The molecule has 7 heteroatoms. The summed E-state index contributed by atoms with van der Waals surface area (Å²) >= 11 is 0. The monoisotopic (exact) mass is 357 g/mol. The van der Waals surface area contributed by atoms with Crippen LogP contribution in [0.5, 0.6) is 0 Å². The van der Waals surface area contributed by atoms with Crippen molar-refractivity contribution in [3.63, 3.8) is 0 Å². The van der Waals surface area contributed by atoms with Crippen molar-refractivity contribution >= 4 is 5.91 Å². The highest BCUT2D eigenvalue weighted by Crippen LogP contribution is 2.31. The van der Waals surface area contributed by atoms with Crippen LogP contribution < -0.4 is 0 Å². The number of carbonyl (C=O) groups is 1. The van der Waals surface area contributed by atoms with Gasteiger partial charge in [-0.05, 0) is 44.4 Å². The number of piperidine rings is 1. The Kier molecular flexibility index (Phi) is 4.56. The predicted molar refractivity (Wildman–Crippen MR) is 96.6 cm³/mol. The number of rotatable bonds is 3. The Balaban J connectivity index is 1.44. The van der Waals surface area contributed by atoms with Gasteiger partial charge in [-0.3, -0.25) is 9.48 Å². The molecule has 1 fully saturated rings. The molecule has 0 aromatic carbocycles. The molecule has 0 spiro atoms. The van der Waals surface area contributed by atoms with Crippen molar-refractivity contribution in [2.45, 2.75) is 44.6 Å². The van der Waals surface area contributed by atoms with Crippen LogP contribution in [0.15, 0.2) is 12.4 Å². The first-order valence-electron chi connectivity index (χ1n) is 9.55. The summed E-state index contributed by atoms with van der Waals surface area (Å²) in [7, 11) is 3.78. The van der Waals surface area contributed by atoms with E-state index in [1.165, 1.54) is 0 Å². The normalized spacial score (nSPS) is 19.4. The maximum Gasteiger partial charge on any atom is 0.272 e. The van der Waals surface area contributed by atoms with Crippen LogP contribution in [0.1, 0.15) is 59.4 Å². The minimum absolute atomic E-state index is 0.0908. The van der Waals surface area contributed by atoms with Crippen molar-refractivity contribution in [3.8, 4) is 0 Å². The number of nitrogens with zero attached hydrogens (tertiary/aromatic N) is 5. The smallest absolute Gasteiger partial charge is 0.272 e. The van der Waals surface area contributed by atoms with Crippen LogP contribution >= 0.6 is 0 Å². The van der Waals surface area contributed by atoms with Crippen LogP contribution in [0.25, 0.3) is 0 Å². The van der Waals surface area contributed by atoms with Crippen LogP contribution in [0.4, 0.5) is 0 Å². The topological polar surface area (TPSA) is 76.2 Å². The van der Waals surface area contributed by atoms with Crippen molar-refractivity contribution < 1.29 is 9.90 Å². The average molecular weight is 357 g/mol. The van der Waals surface area contributed by atoms with Gasteiger partial charge in [0.05, 0.1) is 5.69 Å². The molecule has 140 valence electrons. The molecule has 0 unspecified atom stereocenters. The minimum Gasteiger partial charge on any atom is -0.385 e. The number of aliphatic hydroxyl groups is 1. The number of aromatic nitrogens is 4. The first-order valence-corrected chi connectivity index (χ1v) is 9.55. The van der Waals surface area contributed by atoms with E-state index in [1.807, 2.05) is 29.8 Å². The number of carbonyl (C=O) groups excluding carboxylic acids is 1. The van der Waals surface area contributed by atoms with Crippen LogP contribution in [0.2, 0.25) is 0 Å². The van der Waals surface area contributed by atoms with E-state index in [-0.39, 0.29) is 11.8 Å². The van der Waals surface area contributed by atoms with Crippen molar-refractivity contribution in [3.05, 3.63) is 35.2 Å². The zero-order valence-electron chi connectivity index (χ0n) is 15.6. The van der Waals surface area contributed by atoms with E-state index in [4.69, 9.17) is 0 Å². The van der Waals surface area contributed by atoms with E-state index in [9.17, 15) is 9.90 Å². The molecule has 0 radical (unpaired) electrons. The SMILES string of the molecule is Cn1ccnc1[C@H](O)C1CCN(C(=O)c2c3c(nn2C)CCCC3)CC1. The van der Waals surface area contributed by atoms with E-state index in [2.05, 4.69) is 10.1 Å². The third-order valence-electron chi connectivity index (χ3n) is 5.92. The fourth-order valence-corrected chi connectivity index (χ4v) is 4.39. The molecule has 2 aromatic rings. The highest BCUT2D eigenvalue weighted by atomic mass is 16.3. The third-order valence-corrected chi connectivity index (χ3v) is 5.92. The largest absolute Gasteiger partial charge is 0.385 e. The summed E-state index contributed by atoms with van der Waals surface area (Å²) in [5.41, 5.74) is 3.02. The molecular formula is C19H27N5O2. The first kappa shape index (κ1) is 17.3. The van der Waals surface area contributed by atoms with Gasteiger partial charge >= 0.3 is 0 Å². The molecule has 1 amide bonds. The van der Waals surface area contributed by atoms with Crippen LogP contribution in [-0.2, 0) is 26.9 Å². The molecular weight excluding hydrogens is 330 g/mol. The maximum absolute atomic E-state index is 13.1. The van der Waals surface area contributed by atoms with E-state index in [0.29, 0.717) is 18.9 Å². The number of aliphatic hydroxyl groups excluding tert-OH is 1. The number of fused-ring (bicyclic) bond motifs is 1. The number of imidazole rings is 1. The Morgan fingerprint density at radius 2 is 1.96 bits per heavy atom. The van der Waals surface area contributed by atoms with Crippen molar-refractivity contribution in [2.24, 2.45) is 20.0 Å². The van der Waals surface area contributed by atoms with E-state index in [1.54, 1.807) is 10.9 Å². The molecule has 3 heterocycles. The van der Waals surface area contributed by atoms with Gasteiger partial charge < -0.3 is 14.6 Å². The molecule has 0 saturated carbocycles. The fourth-order valence-electron chi connectivity index (χ4n) is 4.39. The number of hydrogen-bond donors (Lipinski definition) is 1. The van der Waals surface area contributed by atoms with Gasteiger partial charge in [-0.15, -0.1) is 0 Å². The minimum atomic E-state index is -0.572. The summed E-state index contributed by atoms with van der Waals surface area (Å²) in [6.07, 6.45) is 8.81. The standard InChI is InChI=1S/C19H27N5O2/c1-22-12-9-20-18(22)17(25)13-7-10-24(11-8-13)19(26)16-14-5-3-4-6-15(14)21-23(16)2/h9,12-13,17,25H,3-8,10-11H2,1-2H3/t17-/m1/s1. The van der Waals surface area contributed by atoms with Gasteiger partial charge in [-0.2, -0.15) is 5.10 Å². The molecule has 0 bridgehead atoms. The lowest BCUT2D eigenvalue weighted by Crippen LogP contribution is -2.41. The molecule has 26 heavy (non-hydrogen) atoms. The highest BCUT2D eigenvalue weighted by Gasteiger charge is 2.33. The number of likely N-dealkylation sites (tertiary alicyclic amines) is 1. The Morgan fingerprint density at radius 1 is 1.23 bits per heavy atom. The second-order valence-corrected chi connectivity index (χ2v) is 7.58. The molecule has 1 saturated heterocycles. The summed E-state index contributed by atoms with van der Waals surface area (Å²) in [6, 6.07) is 0. The van der Waals surface area contributed by atoms with Crippen LogP contribution in [0.3, 0.4) is 0 Å². The van der Waals surface area contributed by atoms with E-state index < -0.39 is 6.10 Å². The molecule has 2 aliphatic rings. The van der Waals surface area contributed by atoms with Gasteiger partial charge in [0, 0.05) is 45.1 Å². The summed E-state index contributed by atoms with van der Waals surface area (Å²) in [4.78, 5) is 19.3. The lowest BCUT2D eigenvalue weighted by atomic mass is 9.90. The first-order chi connectivity index (χ1) is 12.6. The van der Waals surface area contributed by atoms with Crippen LogP contribution in [0, 0.1) is 5.92 Å². The molecule has 4 rings (SSSR count). The summed E-state index contributed by atoms with van der Waals surface area (Å²) in [5.74, 6) is 0.934. The van der Waals surface area contributed by atoms with Crippen LogP contribution in [-0.4, -0.2) is 48.3 Å². The number of amides is 1. The zero-order chi connectivity index (χ0) is 18.3. The second-order valence-electron chi connectivity index (χ2n) is 7.58. The molecule has 1 atom stereocenters. The fraction of sp³-hybridized carbons (Fsp3) is 0.632. The molecule has 7 nitrogen and oxygen atoms in total. The van der Waals surface area contributed by atoms with Gasteiger partial charge in [0.25, 0.3) is 5.91 Å². The number of hydrogen-bond acceptors (Lipinski definition) is 4. The lowest BCUT2D eigenvalue weighted by Gasteiger charge is -2.34. The third kappa shape index (κ3) is 2.94. The number of aryl methyl sites for hydroxylation is 3. The van der Waals surface area contributed by atoms with Gasteiger partial charge in [0.1, 0.15) is 17.6 Å². The Bertz CT molecular complexity index is 801. The van der Waals surface area contributed by atoms with Gasteiger partial charge in [-0.1, -0.05) is 0 Å². The zero-order valence-corrected chi connectivity index (χ0v) is 15.6.